The van der Waals surface area contributed by atoms with Gasteiger partial charge in [0.15, 0.2) is 5.96 Å². The van der Waals surface area contributed by atoms with E-state index in [0.29, 0.717) is 5.75 Å². The maximum atomic E-state index is 10.1. The smallest absolute Gasteiger partial charge is 0.194 e. The summed E-state index contributed by atoms with van der Waals surface area (Å²) in [5, 5.41) is 13.5. The van der Waals surface area contributed by atoms with E-state index in [-0.39, 0.29) is 0 Å². The zero-order chi connectivity index (χ0) is 19.9. The molecule has 0 radical (unpaired) electrons. The zero-order valence-electron chi connectivity index (χ0n) is 17.1. The summed E-state index contributed by atoms with van der Waals surface area (Å²) in [7, 11) is 5.99. The van der Waals surface area contributed by atoms with Crippen LogP contribution in [0.3, 0.4) is 0 Å². The number of piperazine rings is 1. The summed E-state index contributed by atoms with van der Waals surface area (Å²) < 4.78 is 0. The van der Waals surface area contributed by atoms with Gasteiger partial charge in [0.25, 0.3) is 0 Å². The molecule has 6 nitrogen and oxygen atoms in total. The summed E-state index contributed by atoms with van der Waals surface area (Å²) >= 11 is 0. The lowest BCUT2D eigenvalue weighted by Gasteiger charge is -2.37. The van der Waals surface area contributed by atoms with Crippen LogP contribution in [0.1, 0.15) is 11.1 Å². The third-order valence-corrected chi connectivity index (χ3v) is 4.99. The van der Waals surface area contributed by atoms with Gasteiger partial charge in [-0.15, -0.1) is 0 Å². The van der Waals surface area contributed by atoms with Gasteiger partial charge in [0.1, 0.15) is 5.75 Å². The summed E-state index contributed by atoms with van der Waals surface area (Å²) in [4.78, 5) is 11.1. The van der Waals surface area contributed by atoms with Crippen LogP contribution in [0.25, 0.3) is 0 Å². The van der Waals surface area contributed by atoms with E-state index in [2.05, 4.69) is 63.4 Å². The summed E-state index contributed by atoms with van der Waals surface area (Å²) in [5.41, 5.74) is 3.47. The van der Waals surface area contributed by atoms with Crippen LogP contribution in [0.4, 0.5) is 5.69 Å². The van der Waals surface area contributed by atoms with Crippen LogP contribution in [0.5, 0.6) is 5.75 Å². The van der Waals surface area contributed by atoms with Crippen molar-refractivity contribution in [3.63, 3.8) is 0 Å². The Morgan fingerprint density at radius 2 is 1.64 bits per heavy atom. The monoisotopic (exact) mass is 381 g/mol. The number of hydrogen-bond acceptors (Lipinski definition) is 4. The van der Waals surface area contributed by atoms with Crippen LogP contribution >= 0.6 is 0 Å². The minimum atomic E-state index is 0.344. The lowest BCUT2D eigenvalue weighted by atomic mass is 10.1. The Morgan fingerprint density at radius 3 is 2.25 bits per heavy atom. The van der Waals surface area contributed by atoms with Gasteiger partial charge in [-0.05, 0) is 37.4 Å². The SMILES string of the molecule is CN=C(NCc1ccc(CN(C)C)cc1)N1CCN(c2ccccc2O)CC1. The standard InChI is InChI=1S/C22H31N5O/c1-23-22(24-16-18-8-10-19(11-9-18)17-25(2)3)27-14-12-26(13-15-27)20-6-4-5-7-21(20)28/h4-11,28H,12-17H2,1-3H3,(H,23,24). The van der Waals surface area contributed by atoms with E-state index in [1.165, 1.54) is 11.1 Å². The lowest BCUT2D eigenvalue weighted by Crippen LogP contribution is -2.52. The predicted octanol–water partition coefficient (Wildman–Crippen LogP) is 2.35. The average molecular weight is 382 g/mol. The molecule has 1 heterocycles. The molecule has 0 amide bonds. The van der Waals surface area contributed by atoms with Gasteiger partial charge in [0.05, 0.1) is 5.69 Å². The fraction of sp³-hybridized carbons (Fsp3) is 0.409. The lowest BCUT2D eigenvalue weighted by molar-refractivity contribution is 0.369. The second-order valence-electron chi connectivity index (χ2n) is 7.42. The summed E-state index contributed by atoms with van der Waals surface area (Å²) in [6.45, 7) is 5.17. The molecule has 0 bridgehead atoms. The number of anilines is 1. The molecule has 6 heteroatoms. The third-order valence-electron chi connectivity index (χ3n) is 4.99. The number of benzene rings is 2. The summed E-state index contributed by atoms with van der Waals surface area (Å²) in [6.07, 6.45) is 0. The maximum Gasteiger partial charge on any atom is 0.194 e. The molecule has 1 fully saturated rings. The molecule has 1 saturated heterocycles. The number of hydrogen-bond donors (Lipinski definition) is 2. The number of guanidine groups is 1. The van der Waals surface area contributed by atoms with E-state index in [9.17, 15) is 5.11 Å². The van der Waals surface area contributed by atoms with Crippen LogP contribution in [-0.4, -0.2) is 68.2 Å². The molecule has 0 spiro atoms. The fourth-order valence-corrected chi connectivity index (χ4v) is 3.53. The van der Waals surface area contributed by atoms with Crippen molar-refractivity contribution in [2.45, 2.75) is 13.1 Å². The molecule has 0 aliphatic carbocycles. The van der Waals surface area contributed by atoms with E-state index >= 15 is 0 Å². The van der Waals surface area contributed by atoms with Crippen molar-refractivity contribution in [3.05, 3.63) is 59.7 Å². The van der Waals surface area contributed by atoms with Gasteiger partial charge in [-0.1, -0.05) is 36.4 Å². The first-order chi connectivity index (χ1) is 13.6. The van der Waals surface area contributed by atoms with Gasteiger partial charge in [0.2, 0.25) is 0 Å². The highest BCUT2D eigenvalue weighted by Gasteiger charge is 2.21. The summed E-state index contributed by atoms with van der Waals surface area (Å²) in [5.74, 6) is 1.27. The molecule has 0 saturated carbocycles. The van der Waals surface area contributed by atoms with Gasteiger partial charge in [-0.25, -0.2) is 0 Å². The normalized spacial score (nSPS) is 15.2. The highest BCUT2D eigenvalue weighted by atomic mass is 16.3. The van der Waals surface area contributed by atoms with Crippen molar-refractivity contribution >= 4 is 11.6 Å². The molecule has 1 aliphatic rings. The molecule has 0 unspecified atom stereocenters. The van der Waals surface area contributed by atoms with E-state index in [4.69, 9.17) is 0 Å². The largest absolute Gasteiger partial charge is 0.506 e. The third kappa shape index (κ3) is 5.16. The van der Waals surface area contributed by atoms with Crippen molar-refractivity contribution in [3.8, 4) is 5.75 Å². The van der Waals surface area contributed by atoms with Crippen molar-refractivity contribution < 1.29 is 5.11 Å². The number of nitrogens with zero attached hydrogens (tertiary/aromatic N) is 4. The molecule has 2 aromatic carbocycles. The number of aromatic hydroxyl groups is 1. The Morgan fingerprint density at radius 1 is 1.00 bits per heavy atom. The van der Waals surface area contributed by atoms with Crippen molar-refractivity contribution in [2.24, 2.45) is 4.99 Å². The quantitative estimate of drug-likeness (QED) is 0.615. The number of rotatable bonds is 5. The van der Waals surface area contributed by atoms with E-state index in [1.807, 2.05) is 25.2 Å². The van der Waals surface area contributed by atoms with Gasteiger partial charge < -0.3 is 25.1 Å². The topological polar surface area (TPSA) is 54.3 Å². The Balaban J connectivity index is 1.52. The van der Waals surface area contributed by atoms with Crippen LogP contribution in [0.15, 0.2) is 53.5 Å². The number of phenols is 1. The number of nitrogens with one attached hydrogen (secondary N) is 1. The molecule has 1 aliphatic heterocycles. The second-order valence-corrected chi connectivity index (χ2v) is 7.42. The van der Waals surface area contributed by atoms with Crippen molar-refractivity contribution in [1.82, 2.24) is 15.1 Å². The van der Waals surface area contributed by atoms with Gasteiger partial charge in [-0.2, -0.15) is 0 Å². The molecule has 150 valence electrons. The molecule has 0 aromatic heterocycles. The van der Waals surface area contributed by atoms with Crippen LogP contribution in [-0.2, 0) is 13.1 Å². The number of phenolic OH excluding ortho intramolecular Hbond substituents is 1. The first-order valence-electron chi connectivity index (χ1n) is 9.78. The van der Waals surface area contributed by atoms with E-state index in [1.54, 1.807) is 6.07 Å². The Kier molecular flexibility index (Phi) is 6.76. The van der Waals surface area contributed by atoms with Gasteiger partial charge in [-0.3, -0.25) is 4.99 Å². The van der Waals surface area contributed by atoms with Crippen molar-refractivity contribution in [2.75, 3.05) is 52.2 Å². The highest BCUT2D eigenvalue weighted by molar-refractivity contribution is 5.80. The van der Waals surface area contributed by atoms with Gasteiger partial charge in [0, 0.05) is 46.3 Å². The molecule has 28 heavy (non-hydrogen) atoms. The molecular formula is C22H31N5O. The average Bonchev–Trinajstić information content (AvgIpc) is 2.70. The minimum Gasteiger partial charge on any atom is -0.506 e. The minimum absolute atomic E-state index is 0.344. The number of para-hydroxylation sites is 2. The first-order valence-corrected chi connectivity index (χ1v) is 9.78. The molecule has 2 N–H and O–H groups in total. The van der Waals surface area contributed by atoms with Crippen LogP contribution in [0.2, 0.25) is 0 Å². The predicted molar refractivity (Wildman–Crippen MR) is 116 cm³/mol. The summed E-state index contributed by atoms with van der Waals surface area (Å²) in [6, 6.07) is 16.3. The first kappa shape index (κ1) is 20.0. The molecule has 2 aromatic rings. The maximum absolute atomic E-state index is 10.1. The van der Waals surface area contributed by atoms with E-state index < -0.39 is 0 Å². The molecule has 3 rings (SSSR count). The van der Waals surface area contributed by atoms with Crippen LogP contribution in [0, 0.1) is 0 Å². The Labute approximate surface area is 168 Å². The van der Waals surface area contributed by atoms with E-state index in [0.717, 1.165) is 50.9 Å². The fourth-order valence-electron chi connectivity index (χ4n) is 3.53. The number of aliphatic imine (C=N–C) groups is 1. The highest BCUT2D eigenvalue weighted by Crippen LogP contribution is 2.27. The molecule has 0 atom stereocenters. The molecular weight excluding hydrogens is 350 g/mol. The van der Waals surface area contributed by atoms with Crippen molar-refractivity contribution in [1.29, 1.82) is 0 Å². The van der Waals surface area contributed by atoms with Gasteiger partial charge >= 0.3 is 0 Å². The second kappa shape index (κ2) is 9.46. The zero-order valence-corrected chi connectivity index (χ0v) is 17.1. The van der Waals surface area contributed by atoms with Crippen LogP contribution < -0.4 is 10.2 Å². The Bertz CT molecular complexity index is 780. The Hall–Kier alpha value is -2.73.